The Morgan fingerprint density at radius 1 is 1.45 bits per heavy atom. The van der Waals surface area contributed by atoms with Gasteiger partial charge in [0.25, 0.3) is 0 Å². The van der Waals surface area contributed by atoms with Crippen molar-refractivity contribution in [2.45, 2.75) is 6.61 Å². The molecule has 1 heterocycles. The Morgan fingerprint density at radius 3 is 2.70 bits per heavy atom. The number of hydrogen-bond donors (Lipinski definition) is 0. The zero-order chi connectivity index (χ0) is 14.9. The van der Waals surface area contributed by atoms with Gasteiger partial charge >= 0.3 is 6.61 Å². The molecule has 0 fully saturated rings. The summed E-state index contributed by atoms with van der Waals surface area (Å²) in [7, 11) is 1.34. The van der Waals surface area contributed by atoms with Crippen LogP contribution in [0.2, 0.25) is 5.02 Å². The molecule has 0 spiro atoms. The van der Waals surface area contributed by atoms with Crippen molar-refractivity contribution in [3.63, 3.8) is 0 Å². The van der Waals surface area contributed by atoms with Crippen molar-refractivity contribution >= 4 is 17.9 Å². The van der Waals surface area contributed by atoms with Gasteiger partial charge in [-0.1, -0.05) is 17.7 Å². The smallest absolute Gasteiger partial charge is 0.388 e. The highest BCUT2D eigenvalue weighted by Gasteiger charge is 2.22. The first-order valence-electron chi connectivity index (χ1n) is 5.36. The largest absolute Gasteiger partial charge is 0.416 e. The first-order chi connectivity index (χ1) is 9.43. The Kier molecular flexibility index (Phi) is 3.99. The Bertz CT molecular complexity index is 658. The first kappa shape index (κ1) is 14.4. The quantitative estimate of drug-likeness (QED) is 0.814. The summed E-state index contributed by atoms with van der Waals surface area (Å²) in [6, 6.07) is 3.66. The Hall–Kier alpha value is -2.02. The fourth-order valence-electron chi connectivity index (χ4n) is 1.66. The molecule has 20 heavy (non-hydrogen) atoms. The monoisotopic (exact) mass is 304 g/mol. The summed E-state index contributed by atoms with van der Waals surface area (Å²) in [5.41, 5.74) is 0.0856. The molecule has 0 bridgehead atoms. The van der Waals surface area contributed by atoms with Crippen molar-refractivity contribution in [2.24, 2.45) is 7.05 Å². The summed E-state index contributed by atoms with van der Waals surface area (Å²) in [5.74, 6) is -1.10. The van der Waals surface area contributed by atoms with E-state index in [9.17, 15) is 18.0 Å². The highest BCUT2D eigenvalue weighted by molar-refractivity contribution is 6.34. The number of halogens is 4. The van der Waals surface area contributed by atoms with Crippen molar-refractivity contribution in [1.82, 2.24) is 9.78 Å². The molecule has 1 aromatic heterocycles. The van der Waals surface area contributed by atoms with Crippen LogP contribution in [0.5, 0.6) is 5.88 Å². The number of nitrogens with zero attached hydrogens (tertiary/aromatic N) is 2. The molecule has 1 aromatic carbocycles. The first-order valence-corrected chi connectivity index (χ1v) is 5.74. The van der Waals surface area contributed by atoms with Crippen LogP contribution in [0.25, 0.3) is 11.3 Å². The topological polar surface area (TPSA) is 44.1 Å². The van der Waals surface area contributed by atoms with Gasteiger partial charge in [-0.15, -0.1) is 0 Å². The van der Waals surface area contributed by atoms with Crippen molar-refractivity contribution in [2.75, 3.05) is 0 Å². The summed E-state index contributed by atoms with van der Waals surface area (Å²) in [4.78, 5) is 10.5. The zero-order valence-corrected chi connectivity index (χ0v) is 10.9. The van der Waals surface area contributed by atoms with Gasteiger partial charge in [0.15, 0.2) is 0 Å². The number of alkyl halides is 2. The molecule has 0 aliphatic heterocycles. The number of carbonyl (C=O) groups excluding carboxylic acids is 1. The van der Waals surface area contributed by atoms with Crippen LogP contribution >= 0.6 is 11.6 Å². The predicted octanol–water partition coefficient (Wildman–Crippen LogP) is 3.29. The van der Waals surface area contributed by atoms with E-state index in [2.05, 4.69) is 9.84 Å². The minimum atomic E-state index is -3.07. The minimum absolute atomic E-state index is 0.0136. The van der Waals surface area contributed by atoms with Gasteiger partial charge in [-0.05, 0) is 12.1 Å². The van der Waals surface area contributed by atoms with Crippen LogP contribution in [0.15, 0.2) is 18.2 Å². The van der Waals surface area contributed by atoms with E-state index >= 15 is 0 Å². The third-order valence-corrected chi connectivity index (χ3v) is 2.87. The third kappa shape index (κ3) is 2.62. The maximum atomic E-state index is 13.9. The molecular formula is C12H8ClF3N2O2. The molecule has 0 aliphatic rings. The molecule has 0 radical (unpaired) electrons. The van der Waals surface area contributed by atoms with Gasteiger partial charge in [0.1, 0.15) is 22.8 Å². The highest BCUT2D eigenvalue weighted by Crippen LogP contribution is 2.36. The highest BCUT2D eigenvalue weighted by atomic mass is 35.5. The Labute approximate surface area is 116 Å². The number of ether oxygens (including phenoxy) is 1. The van der Waals surface area contributed by atoms with E-state index in [0.29, 0.717) is 6.29 Å². The van der Waals surface area contributed by atoms with Crippen LogP contribution in [-0.2, 0) is 7.05 Å². The lowest BCUT2D eigenvalue weighted by atomic mass is 10.1. The van der Waals surface area contributed by atoms with Gasteiger partial charge in [-0.3, -0.25) is 4.79 Å². The van der Waals surface area contributed by atoms with Crippen molar-refractivity contribution in [1.29, 1.82) is 0 Å². The number of aryl methyl sites for hydroxylation is 1. The number of benzene rings is 1. The van der Waals surface area contributed by atoms with Gasteiger partial charge in [-0.25, -0.2) is 9.07 Å². The van der Waals surface area contributed by atoms with E-state index in [1.165, 1.54) is 19.2 Å². The van der Waals surface area contributed by atoms with Gasteiger partial charge in [0, 0.05) is 18.2 Å². The maximum absolute atomic E-state index is 13.9. The number of rotatable bonds is 4. The van der Waals surface area contributed by atoms with Crippen LogP contribution < -0.4 is 4.74 Å². The maximum Gasteiger partial charge on any atom is 0.388 e. The number of aromatic nitrogens is 2. The van der Waals surface area contributed by atoms with Crippen LogP contribution in [-0.4, -0.2) is 22.7 Å². The molecule has 2 aromatic rings. The lowest BCUT2D eigenvalue weighted by Gasteiger charge is -2.04. The van der Waals surface area contributed by atoms with E-state index < -0.39 is 12.4 Å². The minimum Gasteiger partial charge on any atom is -0.416 e. The summed E-state index contributed by atoms with van der Waals surface area (Å²) in [6.07, 6.45) is 0.484. The third-order valence-electron chi connectivity index (χ3n) is 2.52. The molecule has 8 heteroatoms. The van der Waals surface area contributed by atoms with E-state index in [1.807, 2.05) is 0 Å². The molecular weight excluding hydrogens is 297 g/mol. The number of carbonyl (C=O) groups is 1. The van der Waals surface area contributed by atoms with Crippen LogP contribution in [0.4, 0.5) is 13.2 Å². The van der Waals surface area contributed by atoms with Crippen LogP contribution in [0.3, 0.4) is 0 Å². The second-order valence-corrected chi connectivity index (χ2v) is 4.20. The Balaban J connectivity index is 2.51. The van der Waals surface area contributed by atoms with Crippen LogP contribution in [0.1, 0.15) is 10.4 Å². The Morgan fingerprint density at radius 2 is 2.15 bits per heavy atom. The predicted molar refractivity (Wildman–Crippen MR) is 65.6 cm³/mol. The lowest BCUT2D eigenvalue weighted by Crippen LogP contribution is -2.06. The molecule has 4 nitrogen and oxygen atoms in total. The summed E-state index contributed by atoms with van der Waals surface area (Å²) in [6.45, 7) is -3.07. The van der Waals surface area contributed by atoms with E-state index in [1.54, 1.807) is 0 Å². The van der Waals surface area contributed by atoms with Gasteiger partial charge < -0.3 is 4.74 Å². The number of hydrogen-bond acceptors (Lipinski definition) is 3. The molecule has 0 amide bonds. The van der Waals surface area contributed by atoms with Crippen molar-refractivity contribution < 1.29 is 22.7 Å². The fourth-order valence-corrected chi connectivity index (χ4v) is 1.97. The van der Waals surface area contributed by atoms with Crippen LogP contribution in [0, 0.1) is 5.82 Å². The zero-order valence-electron chi connectivity index (χ0n) is 10.1. The molecule has 0 unspecified atom stereocenters. The summed E-state index contributed by atoms with van der Waals surface area (Å²) < 4.78 is 43.5. The van der Waals surface area contributed by atoms with Crippen molar-refractivity contribution in [3.05, 3.63) is 34.6 Å². The van der Waals surface area contributed by atoms with Gasteiger partial charge in [0.2, 0.25) is 5.88 Å². The molecule has 0 aliphatic carbocycles. The second kappa shape index (κ2) is 5.54. The fraction of sp³-hybridized carbons (Fsp3) is 0.167. The van der Waals surface area contributed by atoms with Gasteiger partial charge in [-0.2, -0.15) is 13.9 Å². The lowest BCUT2D eigenvalue weighted by molar-refractivity contribution is -0.0552. The second-order valence-electron chi connectivity index (χ2n) is 3.83. The average Bonchev–Trinajstić information content (AvgIpc) is 2.66. The number of aldehydes is 1. The molecule has 0 saturated heterocycles. The van der Waals surface area contributed by atoms with E-state index in [-0.39, 0.29) is 27.7 Å². The van der Waals surface area contributed by atoms with Crippen molar-refractivity contribution in [3.8, 4) is 17.1 Å². The normalized spacial score (nSPS) is 10.9. The SMILES string of the molecule is Cn1nc(-c2ccc(C=O)cc2F)c(Cl)c1OC(F)F. The average molecular weight is 305 g/mol. The summed E-state index contributed by atoms with van der Waals surface area (Å²) >= 11 is 5.88. The summed E-state index contributed by atoms with van der Waals surface area (Å²) in [5, 5.41) is 3.62. The molecule has 0 atom stereocenters. The molecule has 106 valence electrons. The molecule has 2 rings (SSSR count). The molecule has 0 N–H and O–H groups in total. The van der Waals surface area contributed by atoms with E-state index in [0.717, 1.165) is 10.7 Å². The van der Waals surface area contributed by atoms with E-state index in [4.69, 9.17) is 11.6 Å². The van der Waals surface area contributed by atoms with Gasteiger partial charge in [0.05, 0.1) is 0 Å². The standard InChI is InChI=1S/C12H8ClF3N2O2/c1-18-11(20-12(15)16)9(13)10(17-18)7-3-2-6(5-19)4-8(7)14/h2-5,12H,1H3. The molecule has 0 saturated carbocycles.